The lowest BCUT2D eigenvalue weighted by atomic mass is 9.97. The van der Waals surface area contributed by atoms with E-state index in [1.54, 1.807) is 27.9 Å². The molecule has 5 nitrogen and oxygen atoms in total. The highest BCUT2D eigenvalue weighted by molar-refractivity contribution is 7.99. The van der Waals surface area contributed by atoms with Gasteiger partial charge >= 0.3 is 0 Å². The van der Waals surface area contributed by atoms with Gasteiger partial charge < -0.3 is 4.90 Å². The summed E-state index contributed by atoms with van der Waals surface area (Å²) in [6.45, 7) is 2.44. The maximum absolute atomic E-state index is 13.9. The molecule has 0 saturated heterocycles. The van der Waals surface area contributed by atoms with Crippen molar-refractivity contribution in [1.29, 1.82) is 0 Å². The number of benzene rings is 2. The van der Waals surface area contributed by atoms with E-state index in [0.29, 0.717) is 22.4 Å². The van der Waals surface area contributed by atoms with Crippen LogP contribution in [-0.2, 0) is 24.2 Å². The summed E-state index contributed by atoms with van der Waals surface area (Å²) in [7, 11) is 1.80. The van der Waals surface area contributed by atoms with Crippen LogP contribution in [0.1, 0.15) is 34.4 Å². The molecular formula is C27H26ClN3O2S2. The molecule has 0 fully saturated rings. The number of hydrogen-bond acceptors (Lipinski definition) is 5. The third-order valence-corrected chi connectivity index (χ3v) is 8.97. The van der Waals surface area contributed by atoms with Crippen molar-refractivity contribution >= 4 is 50.8 Å². The third-order valence-electron chi connectivity index (χ3n) is 6.45. The van der Waals surface area contributed by atoms with Gasteiger partial charge in [0.1, 0.15) is 4.83 Å². The maximum atomic E-state index is 13.9. The SMILES string of the molecule is Cc1c(Cl)cccc1-n1c(SCC(=O)N(C)Cc2ccccc2)nc2sc3c(c2c1=O)CCCC3. The Bertz CT molecular complexity index is 1460. The Kier molecular flexibility index (Phi) is 7.00. The quantitative estimate of drug-likeness (QED) is 0.228. The lowest BCUT2D eigenvalue weighted by Crippen LogP contribution is -2.28. The van der Waals surface area contributed by atoms with Gasteiger partial charge in [0.25, 0.3) is 5.56 Å². The third kappa shape index (κ3) is 4.77. The first kappa shape index (κ1) is 24.1. The summed E-state index contributed by atoms with van der Waals surface area (Å²) in [5.74, 6) is 0.166. The minimum Gasteiger partial charge on any atom is -0.341 e. The highest BCUT2D eigenvalue weighted by Crippen LogP contribution is 2.36. The van der Waals surface area contributed by atoms with E-state index in [2.05, 4.69) is 0 Å². The summed E-state index contributed by atoms with van der Waals surface area (Å²) in [6, 6.07) is 15.5. The second-order valence-corrected chi connectivity index (χ2v) is 11.3. The van der Waals surface area contributed by atoms with Gasteiger partial charge in [-0.15, -0.1) is 11.3 Å². The fourth-order valence-corrected chi connectivity index (χ4v) is 6.93. The number of aromatic nitrogens is 2. The fourth-order valence-electron chi connectivity index (χ4n) is 4.52. The molecule has 0 atom stereocenters. The van der Waals surface area contributed by atoms with Crippen LogP contribution < -0.4 is 5.56 Å². The monoisotopic (exact) mass is 523 g/mol. The second kappa shape index (κ2) is 10.2. The van der Waals surface area contributed by atoms with Crippen LogP contribution in [0.4, 0.5) is 0 Å². The molecule has 0 saturated carbocycles. The van der Waals surface area contributed by atoms with E-state index in [9.17, 15) is 9.59 Å². The largest absolute Gasteiger partial charge is 0.341 e. The predicted molar refractivity (Wildman–Crippen MR) is 145 cm³/mol. The van der Waals surface area contributed by atoms with Crippen LogP contribution in [-0.4, -0.2) is 33.2 Å². The van der Waals surface area contributed by atoms with Crippen LogP contribution in [0.25, 0.3) is 15.9 Å². The minimum absolute atomic E-state index is 0.0203. The van der Waals surface area contributed by atoms with Crippen molar-refractivity contribution in [2.75, 3.05) is 12.8 Å². The number of hydrogen-bond donors (Lipinski definition) is 0. The van der Waals surface area contributed by atoms with Crippen molar-refractivity contribution in [1.82, 2.24) is 14.5 Å². The Morgan fingerprint density at radius 2 is 1.91 bits per heavy atom. The van der Waals surface area contributed by atoms with Gasteiger partial charge in [-0.05, 0) is 61.4 Å². The molecule has 0 N–H and O–H groups in total. The highest BCUT2D eigenvalue weighted by Gasteiger charge is 2.24. The van der Waals surface area contributed by atoms with Gasteiger partial charge in [0.2, 0.25) is 5.91 Å². The molecule has 0 radical (unpaired) electrons. The molecule has 2 heterocycles. The zero-order valence-electron chi connectivity index (χ0n) is 19.7. The number of carbonyl (C=O) groups excluding carboxylic acids is 1. The molecular weight excluding hydrogens is 498 g/mol. The van der Waals surface area contributed by atoms with Gasteiger partial charge in [-0.25, -0.2) is 4.98 Å². The molecule has 0 aliphatic heterocycles. The first-order valence-electron chi connectivity index (χ1n) is 11.7. The predicted octanol–water partition coefficient (Wildman–Crippen LogP) is 6.04. The fraction of sp³-hybridized carbons (Fsp3) is 0.296. The van der Waals surface area contributed by atoms with Crippen molar-refractivity contribution < 1.29 is 4.79 Å². The lowest BCUT2D eigenvalue weighted by molar-refractivity contribution is -0.127. The Labute approximate surface area is 217 Å². The van der Waals surface area contributed by atoms with Crippen molar-refractivity contribution in [3.05, 3.63) is 85.5 Å². The number of carbonyl (C=O) groups is 1. The Balaban J connectivity index is 1.53. The number of amides is 1. The molecule has 5 rings (SSSR count). The topological polar surface area (TPSA) is 55.2 Å². The molecule has 8 heteroatoms. The molecule has 0 unspecified atom stereocenters. The molecule has 1 aliphatic carbocycles. The van der Waals surface area contributed by atoms with Crippen LogP contribution in [0.2, 0.25) is 5.02 Å². The normalized spacial score (nSPS) is 13.1. The highest BCUT2D eigenvalue weighted by atomic mass is 35.5. The van der Waals surface area contributed by atoms with Crippen molar-refractivity contribution in [2.45, 2.75) is 44.3 Å². The standard InChI is InChI=1S/C27H26ClN3O2S2/c1-17-20(28)12-8-13-21(17)31-26(33)24-19-11-6-7-14-22(19)35-25(24)29-27(31)34-16-23(32)30(2)15-18-9-4-3-5-10-18/h3-5,8-10,12-13H,6-7,11,14-16H2,1-2H3. The Morgan fingerprint density at radius 3 is 2.71 bits per heavy atom. The smallest absolute Gasteiger partial charge is 0.267 e. The zero-order chi connectivity index (χ0) is 24.5. The first-order valence-corrected chi connectivity index (χ1v) is 13.9. The van der Waals surface area contributed by atoms with Gasteiger partial charge in [-0.2, -0.15) is 0 Å². The molecule has 180 valence electrons. The van der Waals surface area contributed by atoms with Gasteiger partial charge in [-0.3, -0.25) is 14.2 Å². The van der Waals surface area contributed by atoms with Crippen LogP contribution in [0.3, 0.4) is 0 Å². The number of aryl methyl sites for hydroxylation is 2. The van der Waals surface area contributed by atoms with Crippen molar-refractivity contribution in [2.24, 2.45) is 0 Å². The van der Waals surface area contributed by atoms with Gasteiger partial charge in [0.15, 0.2) is 5.16 Å². The summed E-state index contributed by atoms with van der Waals surface area (Å²) >= 11 is 9.35. The van der Waals surface area contributed by atoms with E-state index in [1.165, 1.54) is 16.6 Å². The minimum atomic E-state index is -0.0765. The van der Waals surface area contributed by atoms with E-state index < -0.39 is 0 Å². The van der Waals surface area contributed by atoms with Crippen LogP contribution >= 0.6 is 34.7 Å². The summed E-state index contributed by atoms with van der Waals surface area (Å²) in [4.78, 5) is 35.6. The van der Waals surface area contributed by atoms with E-state index in [0.717, 1.165) is 52.6 Å². The molecule has 1 amide bonds. The van der Waals surface area contributed by atoms with Crippen LogP contribution in [0.5, 0.6) is 0 Å². The summed E-state index contributed by atoms with van der Waals surface area (Å²) in [5.41, 5.74) is 3.67. The molecule has 35 heavy (non-hydrogen) atoms. The number of nitrogens with zero attached hydrogens (tertiary/aromatic N) is 3. The number of thioether (sulfide) groups is 1. The molecule has 0 bridgehead atoms. The van der Waals surface area contributed by atoms with Crippen molar-refractivity contribution in [3.63, 3.8) is 0 Å². The maximum Gasteiger partial charge on any atom is 0.267 e. The zero-order valence-corrected chi connectivity index (χ0v) is 22.1. The van der Waals surface area contributed by atoms with E-state index >= 15 is 0 Å². The Hall–Kier alpha value is -2.61. The van der Waals surface area contributed by atoms with Gasteiger partial charge in [-0.1, -0.05) is 59.8 Å². The van der Waals surface area contributed by atoms with E-state index in [-0.39, 0.29) is 17.2 Å². The van der Waals surface area contributed by atoms with E-state index in [1.807, 2.05) is 55.5 Å². The Morgan fingerprint density at radius 1 is 1.14 bits per heavy atom. The van der Waals surface area contributed by atoms with Crippen LogP contribution in [0, 0.1) is 6.92 Å². The summed E-state index contributed by atoms with van der Waals surface area (Å²) in [5, 5.41) is 1.84. The van der Waals surface area contributed by atoms with Gasteiger partial charge in [0.05, 0.1) is 16.8 Å². The average Bonchev–Trinajstić information content (AvgIpc) is 3.24. The first-order chi connectivity index (χ1) is 16.9. The van der Waals surface area contributed by atoms with Crippen molar-refractivity contribution in [3.8, 4) is 5.69 Å². The molecule has 0 spiro atoms. The molecule has 2 aromatic carbocycles. The molecule has 4 aromatic rings. The van der Waals surface area contributed by atoms with E-state index in [4.69, 9.17) is 16.6 Å². The number of thiophene rings is 1. The summed E-state index contributed by atoms with van der Waals surface area (Å²) < 4.78 is 1.65. The second-order valence-electron chi connectivity index (χ2n) is 8.83. The number of rotatable bonds is 6. The average molecular weight is 524 g/mol. The van der Waals surface area contributed by atoms with Gasteiger partial charge in [0, 0.05) is 23.5 Å². The van der Waals surface area contributed by atoms with Crippen LogP contribution in [0.15, 0.2) is 58.5 Å². The molecule has 2 aromatic heterocycles. The lowest BCUT2D eigenvalue weighted by Gasteiger charge is -2.18. The number of halogens is 1. The number of fused-ring (bicyclic) bond motifs is 3. The molecule has 1 aliphatic rings. The summed E-state index contributed by atoms with van der Waals surface area (Å²) in [6.07, 6.45) is 4.14.